The first kappa shape index (κ1) is 12.6. The molecule has 0 saturated carbocycles. The molecule has 4 nitrogen and oxygen atoms in total. The predicted molar refractivity (Wildman–Crippen MR) is 72.9 cm³/mol. The van der Waals surface area contributed by atoms with E-state index in [0.717, 1.165) is 41.5 Å². The number of benzene rings is 1. The van der Waals surface area contributed by atoms with Gasteiger partial charge in [-0.05, 0) is 26.1 Å². The summed E-state index contributed by atoms with van der Waals surface area (Å²) in [5, 5.41) is 3.12. The minimum atomic E-state index is 0.854. The average molecular weight is 245 g/mol. The second-order valence-corrected chi connectivity index (χ2v) is 4.21. The van der Waals surface area contributed by atoms with Crippen LogP contribution in [0, 0.1) is 6.92 Å². The maximum Gasteiger partial charge on any atom is 0.128 e. The third kappa shape index (κ3) is 2.54. The number of aromatic nitrogens is 2. The van der Waals surface area contributed by atoms with Crippen LogP contribution in [0.1, 0.15) is 11.5 Å². The third-order valence-electron chi connectivity index (χ3n) is 2.91. The summed E-state index contributed by atoms with van der Waals surface area (Å²) < 4.78 is 5.38. The van der Waals surface area contributed by atoms with E-state index in [4.69, 9.17) is 4.74 Å². The van der Waals surface area contributed by atoms with Crippen LogP contribution in [-0.4, -0.2) is 30.7 Å². The van der Waals surface area contributed by atoms with Crippen molar-refractivity contribution < 1.29 is 4.74 Å². The van der Waals surface area contributed by atoms with Crippen molar-refractivity contribution in [3.63, 3.8) is 0 Å². The lowest BCUT2D eigenvalue weighted by atomic mass is 10.1. The Morgan fingerprint density at radius 1 is 1.33 bits per heavy atom. The molecule has 1 aromatic heterocycles. The highest BCUT2D eigenvalue weighted by Crippen LogP contribution is 2.30. The molecule has 0 aliphatic heterocycles. The molecule has 2 rings (SSSR count). The molecule has 2 N–H and O–H groups in total. The lowest BCUT2D eigenvalue weighted by molar-refractivity contribution is 0.416. The first-order chi connectivity index (χ1) is 8.76. The highest BCUT2D eigenvalue weighted by Gasteiger charge is 2.12. The quantitative estimate of drug-likeness (QED) is 0.848. The smallest absolute Gasteiger partial charge is 0.128 e. The van der Waals surface area contributed by atoms with Crippen molar-refractivity contribution in [3.8, 4) is 17.0 Å². The fourth-order valence-electron chi connectivity index (χ4n) is 1.99. The number of ether oxygens (including phenoxy) is 1. The fraction of sp³-hybridized carbons (Fsp3) is 0.357. The van der Waals surface area contributed by atoms with E-state index in [2.05, 4.69) is 15.3 Å². The van der Waals surface area contributed by atoms with Gasteiger partial charge in [0.05, 0.1) is 12.8 Å². The number of likely N-dealkylation sites (N-methyl/N-ethyl adjacent to an activating group) is 1. The van der Waals surface area contributed by atoms with Crippen molar-refractivity contribution in [3.05, 3.63) is 35.8 Å². The first-order valence-electron chi connectivity index (χ1n) is 6.09. The van der Waals surface area contributed by atoms with Gasteiger partial charge >= 0.3 is 0 Å². The minimum Gasteiger partial charge on any atom is -0.496 e. The summed E-state index contributed by atoms with van der Waals surface area (Å²) in [6, 6.07) is 7.95. The number of nitrogens with one attached hydrogen (secondary N) is 2. The van der Waals surface area contributed by atoms with Gasteiger partial charge in [-0.2, -0.15) is 0 Å². The summed E-state index contributed by atoms with van der Waals surface area (Å²) in [4.78, 5) is 7.97. The summed E-state index contributed by atoms with van der Waals surface area (Å²) in [5.41, 5.74) is 3.08. The molecule has 4 heteroatoms. The number of methoxy groups -OCH3 is 1. The van der Waals surface area contributed by atoms with E-state index in [1.807, 2.05) is 38.2 Å². The normalized spacial score (nSPS) is 10.6. The molecule has 0 fully saturated rings. The standard InChI is InChI=1S/C14H19N3O/c1-10-14(17-13(16-10)8-9-15-2)11-6-4-5-7-12(11)18-3/h4-7,15H,8-9H2,1-3H3,(H,16,17). The van der Waals surface area contributed by atoms with Crippen LogP contribution in [0.4, 0.5) is 0 Å². The zero-order valence-electron chi connectivity index (χ0n) is 11.1. The van der Waals surface area contributed by atoms with E-state index < -0.39 is 0 Å². The summed E-state index contributed by atoms with van der Waals surface area (Å²) in [5.74, 6) is 1.86. The van der Waals surface area contributed by atoms with Gasteiger partial charge in [0.25, 0.3) is 0 Å². The van der Waals surface area contributed by atoms with Crippen molar-refractivity contribution in [1.82, 2.24) is 15.3 Å². The molecule has 0 unspecified atom stereocenters. The molecular weight excluding hydrogens is 226 g/mol. The SMILES string of the molecule is CNCCc1nc(-c2ccccc2OC)c(C)[nH]1. The van der Waals surface area contributed by atoms with Gasteiger partial charge in [0, 0.05) is 24.2 Å². The Morgan fingerprint density at radius 3 is 2.83 bits per heavy atom. The summed E-state index contributed by atoms with van der Waals surface area (Å²) >= 11 is 0. The highest BCUT2D eigenvalue weighted by atomic mass is 16.5. The van der Waals surface area contributed by atoms with E-state index >= 15 is 0 Å². The largest absolute Gasteiger partial charge is 0.496 e. The number of hydrogen-bond acceptors (Lipinski definition) is 3. The van der Waals surface area contributed by atoms with Gasteiger partial charge < -0.3 is 15.0 Å². The predicted octanol–water partition coefficient (Wildman–Crippen LogP) is 2.16. The molecule has 0 atom stereocenters. The Morgan fingerprint density at radius 2 is 2.11 bits per heavy atom. The Labute approximate surface area is 107 Å². The monoisotopic (exact) mass is 245 g/mol. The summed E-state index contributed by atoms with van der Waals surface area (Å²) in [7, 11) is 3.62. The van der Waals surface area contributed by atoms with Gasteiger partial charge in [-0.25, -0.2) is 4.98 Å². The van der Waals surface area contributed by atoms with E-state index in [0.29, 0.717) is 0 Å². The molecule has 1 heterocycles. The van der Waals surface area contributed by atoms with E-state index in [1.54, 1.807) is 7.11 Å². The van der Waals surface area contributed by atoms with Crippen molar-refractivity contribution in [2.75, 3.05) is 20.7 Å². The van der Waals surface area contributed by atoms with Crippen LogP contribution in [-0.2, 0) is 6.42 Å². The number of para-hydroxylation sites is 1. The molecule has 0 aliphatic carbocycles. The average Bonchev–Trinajstić information content (AvgIpc) is 2.77. The molecule has 0 saturated heterocycles. The van der Waals surface area contributed by atoms with Gasteiger partial charge in [0.15, 0.2) is 0 Å². The van der Waals surface area contributed by atoms with Crippen molar-refractivity contribution in [2.24, 2.45) is 0 Å². The minimum absolute atomic E-state index is 0.854. The maximum atomic E-state index is 5.38. The van der Waals surface area contributed by atoms with Gasteiger partial charge in [-0.3, -0.25) is 0 Å². The second-order valence-electron chi connectivity index (χ2n) is 4.21. The number of nitrogens with zero attached hydrogens (tertiary/aromatic N) is 1. The Balaban J connectivity index is 2.35. The van der Waals surface area contributed by atoms with Crippen LogP contribution in [0.3, 0.4) is 0 Å². The number of imidazole rings is 1. The second kappa shape index (κ2) is 5.69. The molecule has 18 heavy (non-hydrogen) atoms. The van der Waals surface area contributed by atoms with Crippen LogP contribution < -0.4 is 10.1 Å². The van der Waals surface area contributed by atoms with E-state index in [9.17, 15) is 0 Å². The molecular formula is C14H19N3O. The molecule has 96 valence electrons. The van der Waals surface area contributed by atoms with E-state index in [-0.39, 0.29) is 0 Å². The number of aromatic amines is 1. The van der Waals surface area contributed by atoms with Crippen LogP contribution in [0.2, 0.25) is 0 Å². The Kier molecular flexibility index (Phi) is 3.99. The van der Waals surface area contributed by atoms with Crippen LogP contribution >= 0.6 is 0 Å². The van der Waals surface area contributed by atoms with Crippen LogP contribution in [0.15, 0.2) is 24.3 Å². The molecule has 0 aliphatic rings. The van der Waals surface area contributed by atoms with Crippen molar-refractivity contribution in [1.29, 1.82) is 0 Å². The first-order valence-corrected chi connectivity index (χ1v) is 6.09. The van der Waals surface area contributed by atoms with Gasteiger partial charge in [0.2, 0.25) is 0 Å². The Bertz CT molecular complexity index is 520. The zero-order valence-corrected chi connectivity index (χ0v) is 11.1. The lowest BCUT2D eigenvalue weighted by Crippen LogP contribution is -2.11. The van der Waals surface area contributed by atoms with Crippen LogP contribution in [0.25, 0.3) is 11.3 Å². The topological polar surface area (TPSA) is 49.9 Å². The molecule has 0 amide bonds. The third-order valence-corrected chi connectivity index (χ3v) is 2.91. The molecule has 0 bridgehead atoms. The van der Waals surface area contributed by atoms with Crippen LogP contribution in [0.5, 0.6) is 5.75 Å². The van der Waals surface area contributed by atoms with Gasteiger partial charge in [-0.1, -0.05) is 12.1 Å². The van der Waals surface area contributed by atoms with E-state index in [1.165, 1.54) is 0 Å². The Hall–Kier alpha value is -1.81. The number of H-pyrrole nitrogens is 1. The van der Waals surface area contributed by atoms with Crippen molar-refractivity contribution in [2.45, 2.75) is 13.3 Å². The molecule has 0 radical (unpaired) electrons. The maximum absolute atomic E-state index is 5.38. The molecule has 2 aromatic rings. The fourth-order valence-corrected chi connectivity index (χ4v) is 1.99. The molecule has 0 spiro atoms. The number of rotatable bonds is 5. The summed E-state index contributed by atoms with van der Waals surface area (Å²) in [6.07, 6.45) is 0.895. The lowest BCUT2D eigenvalue weighted by Gasteiger charge is -2.06. The zero-order chi connectivity index (χ0) is 13.0. The number of hydrogen-bond donors (Lipinski definition) is 2. The summed E-state index contributed by atoms with van der Waals surface area (Å²) in [6.45, 7) is 2.95. The van der Waals surface area contributed by atoms with Gasteiger partial charge in [0.1, 0.15) is 11.6 Å². The van der Waals surface area contributed by atoms with Crippen molar-refractivity contribution >= 4 is 0 Å². The highest BCUT2D eigenvalue weighted by molar-refractivity contribution is 5.69. The molecule has 1 aromatic carbocycles. The number of aryl methyl sites for hydroxylation is 1. The van der Waals surface area contributed by atoms with Gasteiger partial charge in [-0.15, -0.1) is 0 Å².